The Bertz CT molecular complexity index is 652. The van der Waals surface area contributed by atoms with E-state index in [1.165, 1.54) is 0 Å². The minimum absolute atomic E-state index is 0.0319. The standard InChI is InChI=1S/C16H21N5O2/c1-11(2)14(15(22)23)17-9-8-13-10-18-16(19-13)21-20-12-6-4-3-5-7-12/h3-7,10-11,14,17H,8-9H2,1-2H3,(H,18,19)(H,22,23). The number of rotatable bonds is 8. The normalized spacial score (nSPS) is 12.8. The first-order chi connectivity index (χ1) is 11.1. The predicted molar refractivity (Wildman–Crippen MR) is 87.2 cm³/mol. The maximum Gasteiger partial charge on any atom is 0.320 e. The summed E-state index contributed by atoms with van der Waals surface area (Å²) < 4.78 is 0. The lowest BCUT2D eigenvalue weighted by Gasteiger charge is -2.17. The quantitative estimate of drug-likeness (QED) is 0.651. The molecule has 0 saturated heterocycles. The van der Waals surface area contributed by atoms with Crippen LogP contribution >= 0.6 is 0 Å². The Morgan fingerprint density at radius 2 is 2.04 bits per heavy atom. The SMILES string of the molecule is CC(C)C(NCCc1cnc(N=Nc2ccccc2)[nH]1)C(=O)O. The van der Waals surface area contributed by atoms with Crippen LogP contribution in [0.1, 0.15) is 19.5 Å². The van der Waals surface area contributed by atoms with Gasteiger partial charge >= 0.3 is 5.97 Å². The zero-order valence-corrected chi connectivity index (χ0v) is 13.2. The van der Waals surface area contributed by atoms with Crippen molar-refractivity contribution in [2.24, 2.45) is 16.1 Å². The second kappa shape index (κ2) is 8.19. The third kappa shape index (κ3) is 5.30. The molecule has 0 amide bonds. The molecule has 0 bridgehead atoms. The molecule has 1 heterocycles. The summed E-state index contributed by atoms with van der Waals surface area (Å²) in [6, 6.07) is 8.86. The van der Waals surface area contributed by atoms with Crippen molar-refractivity contribution in [3.05, 3.63) is 42.2 Å². The molecule has 7 nitrogen and oxygen atoms in total. The summed E-state index contributed by atoms with van der Waals surface area (Å²) in [7, 11) is 0. The number of aliphatic carboxylic acids is 1. The van der Waals surface area contributed by atoms with Crippen LogP contribution in [0.5, 0.6) is 0 Å². The van der Waals surface area contributed by atoms with Crippen LogP contribution in [0.3, 0.4) is 0 Å². The molecule has 0 aliphatic heterocycles. The molecule has 122 valence electrons. The van der Waals surface area contributed by atoms with Gasteiger partial charge in [0.1, 0.15) is 6.04 Å². The topological polar surface area (TPSA) is 103 Å². The smallest absolute Gasteiger partial charge is 0.320 e. The Hall–Kier alpha value is -2.54. The monoisotopic (exact) mass is 315 g/mol. The van der Waals surface area contributed by atoms with Gasteiger partial charge in [0.25, 0.3) is 0 Å². The third-order valence-electron chi connectivity index (χ3n) is 3.32. The van der Waals surface area contributed by atoms with Gasteiger partial charge in [0, 0.05) is 18.7 Å². The van der Waals surface area contributed by atoms with Crippen LogP contribution in [0.25, 0.3) is 0 Å². The number of benzene rings is 1. The predicted octanol–water partition coefficient (Wildman–Crippen LogP) is 3.07. The molecule has 0 aliphatic carbocycles. The Kier molecular flexibility index (Phi) is 5.99. The van der Waals surface area contributed by atoms with Gasteiger partial charge in [-0.1, -0.05) is 32.0 Å². The van der Waals surface area contributed by atoms with E-state index in [1.54, 1.807) is 6.20 Å². The van der Waals surface area contributed by atoms with Gasteiger partial charge in [0.05, 0.1) is 11.9 Å². The first-order valence-electron chi connectivity index (χ1n) is 7.53. The van der Waals surface area contributed by atoms with Gasteiger partial charge in [-0.25, -0.2) is 4.98 Å². The number of carbonyl (C=O) groups is 1. The number of azo groups is 1. The van der Waals surface area contributed by atoms with E-state index in [-0.39, 0.29) is 5.92 Å². The summed E-state index contributed by atoms with van der Waals surface area (Å²) in [5.74, 6) is -0.367. The highest BCUT2D eigenvalue weighted by molar-refractivity contribution is 5.73. The molecule has 23 heavy (non-hydrogen) atoms. The summed E-state index contributed by atoms with van der Waals surface area (Å²) >= 11 is 0. The van der Waals surface area contributed by atoms with Crippen LogP contribution in [0.4, 0.5) is 11.6 Å². The molecule has 0 fully saturated rings. The van der Waals surface area contributed by atoms with Crippen LogP contribution in [-0.4, -0.2) is 33.6 Å². The summed E-state index contributed by atoms with van der Waals surface area (Å²) in [5, 5.41) is 20.3. The molecule has 1 aromatic heterocycles. The van der Waals surface area contributed by atoms with Crippen LogP contribution < -0.4 is 5.32 Å². The highest BCUT2D eigenvalue weighted by Crippen LogP contribution is 2.14. The van der Waals surface area contributed by atoms with Crippen LogP contribution in [0.15, 0.2) is 46.8 Å². The zero-order valence-electron chi connectivity index (χ0n) is 13.2. The van der Waals surface area contributed by atoms with E-state index in [2.05, 4.69) is 25.5 Å². The van der Waals surface area contributed by atoms with Crippen molar-refractivity contribution in [1.29, 1.82) is 0 Å². The lowest BCUT2D eigenvalue weighted by molar-refractivity contribution is -0.140. The molecule has 0 spiro atoms. The van der Waals surface area contributed by atoms with Gasteiger partial charge in [-0.15, -0.1) is 10.2 Å². The summed E-state index contributed by atoms with van der Waals surface area (Å²) in [6.07, 6.45) is 2.33. The average Bonchev–Trinajstić information content (AvgIpc) is 2.97. The molecular formula is C16H21N5O2. The van der Waals surface area contributed by atoms with Crippen molar-refractivity contribution >= 4 is 17.6 Å². The van der Waals surface area contributed by atoms with E-state index in [4.69, 9.17) is 5.11 Å². The van der Waals surface area contributed by atoms with E-state index in [0.717, 1.165) is 11.4 Å². The highest BCUT2D eigenvalue weighted by Gasteiger charge is 2.20. The summed E-state index contributed by atoms with van der Waals surface area (Å²) in [5.41, 5.74) is 1.64. The third-order valence-corrected chi connectivity index (χ3v) is 3.32. The highest BCUT2D eigenvalue weighted by atomic mass is 16.4. The molecule has 1 aromatic carbocycles. The van der Waals surface area contributed by atoms with Crippen molar-refractivity contribution < 1.29 is 9.90 Å². The van der Waals surface area contributed by atoms with Crippen LogP contribution in [0, 0.1) is 5.92 Å². The minimum Gasteiger partial charge on any atom is -0.480 e. The van der Waals surface area contributed by atoms with Gasteiger partial charge in [-0.05, 0) is 18.1 Å². The van der Waals surface area contributed by atoms with Crippen molar-refractivity contribution in [1.82, 2.24) is 15.3 Å². The number of H-pyrrole nitrogens is 1. The number of carboxylic acid groups (broad SMARTS) is 1. The maximum atomic E-state index is 11.1. The number of aromatic nitrogens is 2. The fourth-order valence-electron chi connectivity index (χ4n) is 2.10. The first-order valence-corrected chi connectivity index (χ1v) is 7.53. The lowest BCUT2D eigenvalue weighted by atomic mass is 10.0. The summed E-state index contributed by atoms with van der Waals surface area (Å²) in [4.78, 5) is 18.3. The van der Waals surface area contributed by atoms with E-state index < -0.39 is 12.0 Å². The molecular weight excluding hydrogens is 294 g/mol. The number of hydrogen-bond donors (Lipinski definition) is 3. The molecule has 0 aliphatic rings. The number of carboxylic acids is 1. The van der Waals surface area contributed by atoms with E-state index in [9.17, 15) is 4.79 Å². The van der Waals surface area contributed by atoms with Gasteiger partial charge in [-0.2, -0.15) is 0 Å². The van der Waals surface area contributed by atoms with E-state index in [1.807, 2.05) is 44.2 Å². The van der Waals surface area contributed by atoms with Gasteiger partial charge in [-0.3, -0.25) is 4.79 Å². The number of hydrogen-bond acceptors (Lipinski definition) is 5. The molecule has 1 unspecified atom stereocenters. The Morgan fingerprint density at radius 3 is 2.70 bits per heavy atom. The summed E-state index contributed by atoms with van der Waals surface area (Å²) in [6.45, 7) is 4.31. The number of aromatic amines is 1. The molecule has 1 atom stereocenters. The van der Waals surface area contributed by atoms with Crippen molar-refractivity contribution in [3.63, 3.8) is 0 Å². The molecule has 0 radical (unpaired) electrons. The average molecular weight is 315 g/mol. The van der Waals surface area contributed by atoms with Gasteiger partial charge in [0.2, 0.25) is 5.95 Å². The number of imidazole rings is 1. The fraction of sp³-hybridized carbons (Fsp3) is 0.375. The molecule has 2 rings (SSSR count). The molecule has 2 aromatic rings. The van der Waals surface area contributed by atoms with Crippen molar-refractivity contribution in [2.75, 3.05) is 6.54 Å². The van der Waals surface area contributed by atoms with Crippen molar-refractivity contribution in [3.8, 4) is 0 Å². The van der Waals surface area contributed by atoms with Gasteiger partial charge < -0.3 is 15.4 Å². The number of nitrogens with zero attached hydrogens (tertiary/aromatic N) is 3. The van der Waals surface area contributed by atoms with E-state index >= 15 is 0 Å². The molecule has 0 saturated carbocycles. The second-order valence-corrected chi connectivity index (χ2v) is 5.53. The zero-order chi connectivity index (χ0) is 16.7. The van der Waals surface area contributed by atoms with Crippen molar-refractivity contribution in [2.45, 2.75) is 26.3 Å². The van der Waals surface area contributed by atoms with Gasteiger partial charge in [0.15, 0.2) is 0 Å². The van der Waals surface area contributed by atoms with Crippen LogP contribution in [-0.2, 0) is 11.2 Å². The van der Waals surface area contributed by atoms with E-state index in [0.29, 0.717) is 18.9 Å². The Labute approximate surface area is 134 Å². The largest absolute Gasteiger partial charge is 0.480 e. The molecule has 3 N–H and O–H groups in total. The van der Waals surface area contributed by atoms with Crippen LogP contribution in [0.2, 0.25) is 0 Å². The molecule has 7 heteroatoms. The Balaban J connectivity index is 1.85. The lowest BCUT2D eigenvalue weighted by Crippen LogP contribution is -2.41. The minimum atomic E-state index is -0.832. The Morgan fingerprint density at radius 1 is 1.30 bits per heavy atom. The maximum absolute atomic E-state index is 11.1. The number of nitrogens with one attached hydrogen (secondary N) is 2. The second-order valence-electron chi connectivity index (χ2n) is 5.53. The fourth-order valence-corrected chi connectivity index (χ4v) is 2.10. The first kappa shape index (κ1) is 16.8.